The van der Waals surface area contributed by atoms with Crippen LogP contribution in [0, 0.1) is 13.8 Å². The number of urea groups is 1. The standard InChI is InChI=1S/C22H22ClN5O2/c1-14-19(15(2)28(27-14)13-16-6-3-4-9-20(16)23)10-11-21(29)25-17-7-5-8-18(12-17)26-22(24)30/h3-12H,13H2,1-2H3,(H,25,29)(H3,24,26,30)/b11-10+. The van der Waals surface area contributed by atoms with Gasteiger partial charge in [0.15, 0.2) is 0 Å². The summed E-state index contributed by atoms with van der Waals surface area (Å²) in [5.41, 5.74) is 9.75. The zero-order valence-corrected chi connectivity index (χ0v) is 17.4. The molecule has 3 aromatic rings. The van der Waals surface area contributed by atoms with E-state index in [0.29, 0.717) is 22.9 Å². The highest BCUT2D eigenvalue weighted by atomic mass is 35.5. The predicted molar refractivity (Wildman–Crippen MR) is 120 cm³/mol. The Bertz CT molecular complexity index is 1120. The topological polar surface area (TPSA) is 102 Å². The summed E-state index contributed by atoms with van der Waals surface area (Å²) < 4.78 is 1.87. The summed E-state index contributed by atoms with van der Waals surface area (Å²) in [5.74, 6) is -0.302. The van der Waals surface area contributed by atoms with E-state index in [2.05, 4.69) is 15.7 Å². The Morgan fingerprint density at radius 3 is 2.50 bits per heavy atom. The van der Waals surface area contributed by atoms with Gasteiger partial charge in [0.25, 0.3) is 0 Å². The second-order valence-electron chi connectivity index (χ2n) is 6.73. The predicted octanol–water partition coefficient (Wildman–Crippen LogP) is 4.34. The van der Waals surface area contributed by atoms with E-state index in [9.17, 15) is 9.59 Å². The number of halogens is 1. The Hall–Kier alpha value is -3.58. The van der Waals surface area contributed by atoms with Crippen LogP contribution in [0.4, 0.5) is 16.2 Å². The number of carbonyl (C=O) groups excluding carboxylic acids is 2. The molecule has 7 nitrogen and oxygen atoms in total. The minimum atomic E-state index is -0.668. The number of aromatic nitrogens is 2. The van der Waals surface area contributed by atoms with E-state index in [1.807, 2.05) is 42.8 Å². The molecule has 0 fully saturated rings. The summed E-state index contributed by atoms with van der Waals surface area (Å²) in [6.07, 6.45) is 3.19. The molecular weight excluding hydrogens is 402 g/mol. The Balaban J connectivity index is 1.71. The van der Waals surface area contributed by atoms with Crippen molar-refractivity contribution in [2.24, 2.45) is 5.73 Å². The molecule has 4 N–H and O–H groups in total. The molecule has 0 bridgehead atoms. The van der Waals surface area contributed by atoms with E-state index in [0.717, 1.165) is 22.5 Å². The van der Waals surface area contributed by atoms with Crippen LogP contribution in [0.3, 0.4) is 0 Å². The molecule has 1 heterocycles. The number of anilines is 2. The number of nitrogens with two attached hydrogens (primary N) is 1. The van der Waals surface area contributed by atoms with Gasteiger partial charge in [0.05, 0.1) is 12.2 Å². The van der Waals surface area contributed by atoms with Crippen LogP contribution in [-0.4, -0.2) is 21.7 Å². The molecule has 1 aromatic heterocycles. The lowest BCUT2D eigenvalue weighted by molar-refractivity contribution is -0.111. The molecule has 0 atom stereocenters. The smallest absolute Gasteiger partial charge is 0.316 e. The number of aryl methyl sites for hydroxylation is 1. The van der Waals surface area contributed by atoms with Crippen LogP contribution in [0.5, 0.6) is 0 Å². The Labute approximate surface area is 179 Å². The molecule has 0 saturated carbocycles. The van der Waals surface area contributed by atoms with Crippen LogP contribution in [0.15, 0.2) is 54.6 Å². The average molecular weight is 424 g/mol. The lowest BCUT2D eigenvalue weighted by Crippen LogP contribution is -2.19. The van der Waals surface area contributed by atoms with Crippen molar-refractivity contribution in [3.8, 4) is 0 Å². The zero-order chi connectivity index (χ0) is 21.7. The highest BCUT2D eigenvalue weighted by molar-refractivity contribution is 6.31. The molecule has 8 heteroatoms. The van der Waals surface area contributed by atoms with Gasteiger partial charge in [-0.15, -0.1) is 0 Å². The van der Waals surface area contributed by atoms with Gasteiger partial charge in [0.1, 0.15) is 0 Å². The molecule has 0 aliphatic heterocycles. The van der Waals surface area contributed by atoms with Gasteiger partial charge in [0.2, 0.25) is 5.91 Å². The molecular formula is C22H22ClN5O2. The highest BCUT2D eigenvalue weighted by Gasteiger charge is 2.11. The molecule has 0 radical (unpaired) electrons. The molecule has 3 rings (SSSR count). The SMILES string of the molecule is Cc1nn(Cc2ccccc2Cl)c(C)c1/C=C/C(=O)Nc1cccc(NC(N)=O)c1. The van der Waals surface area contributed by atoms with Crippen LogP contribution >= 0.6 is 11.6 Å². The van der Waals surface area contributed by atoms with Crippen LogP contribution in [-0.2, 0) is 11.3 Å². The fraction of sp³-hybridized carbons (Fsp3) is 0.136. The number of carbonyl (C=O) groups is 2. The van der Waals surface area contributed by atoms with E-state index in [1.165, 1.54) is 6.08 Å². The highest BCUT2D eigenvalue weighted by Crippen LogP contribution is 2.20. The maximum absolute atomic E-state index is 12.3. The van der Waals surface area contributed by atoms with Crippen molar-refractivity contribution in [2.75, 3.05) is 10.6 Å². The van der Waals surface area contributed by atoms with Crippen molar-refractivity contribution in [3.05, 3.63) is 82.1 Å². The van der Waals surface area contributed by atoms with Gasteiger partial charge >= 0.3 is 6.03 Å². The van der Waals surface area contributed by atoms with Crippen molar-refractivity contribution in [3.63, 3.8) is 0 Å². The first-order chi connectivity index (χ1) is 14.3. The lowest BCUT2D eigenvalue weighted by Gasteiger charge is -2.07. The largest absolute Gasteiger partial charge is 0.351 e. The van der Waals surface area contributed by atoms with Gasteiger partial charge in [-0.3, -0.25) is 9.48 Å². The fourth-order valence-electron chi connectivity index (χ4n) is 3.05. The number of benzene rings is 2. The molecule has 0 spiro atoms. The molecule has 3 amide bonds. The van der Waals surface area contributed by atoms with Gasteiger partial charge in [-0.05, 0) is 49.8 Å². The Kier molecular flexibility index (Phi) is 6.54. The first-order valence-corrected chi connectivity index (χ1v) is 9.64. The number of primary amides is 1. The van der Waals surface area contributed by atoms with Crippen LogP contribution in [0.2, 0.25) is 5.02 Å². The van der Waals surface area contributed by atoms with E-state index in [-0.39, 0.29) is 5.91 Å². The molecule has 2 aromatic carbocycles. The minimum absolute atomic E-state index is 0.302. The number of hydrogen-bond donors (Lipinski definition) is 3. The molecule has 0 unspecified atom stereocenters. The van der Waals surface area contributed by atoms with Crippen molar-refractivity contribution in [2.45, 2.75) is 20.4 Å². The second-order valence-corrected chi connectivity index (χ2v) is 7.13. The van der Waals surface area contributed by atoms with Crippen molar-refractivity contribution in [1.82, 2.24) is 9.78 Å². The second kappa shape index (κ2) is 9.28. The van der Waals surface area contributed by atoms with Gasteiger partial charge in [0, 0.05) is 33.7 Å². The summed E-state index contributed by atoms with van der Waals surface area (Å²) >= 11 is 6.25. The minimum Gasteiger partial charge on any atom is -0.351 e. The van der Waals surface area contributed by atoms with Crippen LogP contribution in [0.25, 0.3) is 6.08 Å². The first kappa shape index (κ1) is 21.1. The maximum Gasteiger partial charge on any atom is 0.316 e. The quantitative estimate of drug-likeness (QED) is 0.514. The third kappa shape index (κ3) is 5.27. The lowest BCUT2D eigenvalue weighted by atomic mass is 10.1. The van der Waals surface area contributed by atoms with Gasteiger partial charge in [-0.2, -0.15) is 5.10 Å². The Morgan fingerprint density at radius 2 is 1.80 bits per heavy atom. The number of rotatable bonds is 6. The monoisotopic (exact) mass is 423 g/mol. The average Bonchev–Trinajstić information content (AvgIpc) is 2.94. The van der Waals surface area contributed by atoms with Gasteiger partial charge in [-0.1, -0.05) is 35.9 Å². The molecule has 154 valence electrons. The normalized spacial score (nSPS) is 10.9. The zero-order valence-electron chi connectivity index (χ0n) is 16.6. The summed E-state index contributed by atoms with van der Waals surface area (Å²) in [5, 5.41) is 10.5. The van der Waals surface area contributed by atoms with E-state index < -0.39 is 6.03 Å². The van der Waals surface area contributed by atoms with Gasteiger partial charge < -0.3 is 16.4 Å². The molecule has 0 aliphatic carbocycles. The summed E-state index contributed by atoms with van der Waals surface area (Å²) in [7, 11) is 0. The van der Waals surface area contributed by atoms with E-state index >= 15 is 0 Å². The number of nitrogens with zero attached hydrogens (tertiary/aromatic N) is 2. The van der Waals surface area contributed by atoms with Crippen LogP contribution < -0.4 is 16.4 Å². The van der Waals surface area contributed by atoms with Crippen LogP contribution in [0.1, 0.15) is 22.5 Å². The van der Waals surface area contributed by atoms with Crippen molar-refractivity contribution >= 4 is 41.0 Å². The third-order valence-corrected chi connectivity index (χ3v) is 4.88. The third-order valence-electron chi connectivity index (χ3n) is 4.51. The van der Waals surface area contributed by atoms with Gasteiger partial charge in [-0.25, -0.2) is 4.79 Å². The summed E-state index contributed by atoms with van der Waals surface area (Å²) in [6, 6.07) is 13.7. The number of amides is 3. The fourth-order valence-corrected chi connectivity index (χ4v) is 3.25. The van der Waals surface area contributed by atoms with E-state index in [1.54, 1.807) is 30.3 Å². The number of hydrogen-bond acceptors (Lipinski definition) is 3. The first-order valence-electron chi connectivity index (χ1n) is 9.26. The Morgan fingerprint density at radius 1 is 1.10 bits per heavy atom. The van der Waals surface area contributed by atoms with Crippen molar-refractivity contribution in [1.29, 1.82) is 0 Å². The number of nitrogens with one attached hydrogen (secondary N) is 2. The molecule has 30 heavy (non-hydrogen) atoms. The summed E-state index contributed by atoms with van der Waals surface area (Å²) in [6.45, 7) is 4.39. The maximum atomic E-state index is 12.3. The molecule has 0 saturated heterocycles. The van der Waals surface area contributed by atoms with E-state index in [4.69, 9.17) is 17.3 Å². The van der Waals surface area contributed by atoms with Crippen molar-refractivity contribution < 1.29 is 9.59 Å². The summed E-state index contributed by atoms with van der Waals surface area (Å²) in [4.78, 5) is 23.3. The molecule has 0 aliphatic rings.